The molecular formula is C27H34N2O3. The van der Waals surface area contributed by atoms with Gasteiger partial charge in [0.1, 0.15) is 0 Å². The number of ether oxygens (including phenoxy) is 2. The second-order valence-electron chi connectivity index (χ2n) is 8.76. The zero-order valence-electron chi connectivity index (χ0n) is 19.3. The Kier molecular flexibility index (Phi) is 7.15. The summed E-state index contributed by atoms with van der Waals surface area (Å²) >= 11 is 0. The van der Waals surface area contributed by atoms with E-state index in [0.717, 1.165) is 62.5 Å². The van der Waals surface area contributed by atoms with E-state index in [1.807, 2.05) is 12.1 Å². The number of carbonyl (C=O) groups is 1. The molecule has 0 N–H and O–H groups in total. The molecule has 0 aliphatic carbocycles. The molecule has 5 heteroatoms. The second-order valence-corrected chi connectivity index (χ2v) is 8.76. The van der Waals surface area contributed by atoms with Crippen molar-refractivity contribution in [2.24, 2.45) is 0 Å². The van der Waals surface area contributed by atoms with Crippen molar-refractivity contribution in [1.29, 1.82) is 0 Å². The molecule has 0 bridgehead atoms. The number of benzene rings is 2. The number of fused-ring (bicyclic) bond motifs is 1. The van der Waals surface area contributed by atoms with Gasteiger partial charge in [-0.1, -0.05) is 36.9 Å². The van der Waals surface area contributed by atoms with E-state index < -0.39 is 0 Å². The van der Waals surface area contributed by atoms with E-state index in [1.165, 1.54) is 23.1 Å². The van der Waals surface area contributed by atoms with E-state index >= 15 is 0 Å². The molecule has 5 nitrogen and oxygen atoms in total. The second kappa shape index (κ2) is 10.2. The first-order valence-corrected chi connectivity index (χ1v) is 11.6. The molecule has 0 aromatic heterocycles. The minimum atomic E-state index is 0.0753. The van der Waals surface area contributed by atoms with Crippen LogP contribution in [0.4, 0.5) is 0 Å². The minimum absolute atomic E-state index is 0.0753. The molecule has 1 amide bonds. The predicted octanol–water partition coefficient (Wildman–Crippen LogP) is 4.72. The molecule has 1 atom stereocenters. The summed E-state index contributed by atoms with van der Waals surface area (Å²) in [5, 5.41) is 0. The van der Waals surface area contributed by atoms with Gasteiger partial charge in [0, 0.05) is 38.6 Å². The van der Waals surface area contributed by atoms with Gasteiger partial charge < -0.3 is 14.4 Å². The number of likely N-dealkylation sites (tertiary alicyclic amines) is 1. The van der Waals surface area contributed by atoms with Crippen molar-refractivity contribution in [3.63, 3.8) is 0 Å². The lowest BCUT2D eigenvalue weighted by molar-refractivity contribution is -0.133. The normalized spacial score (nSPS) is 18.9. The molecule has 1 saturated heterocycles. The van der Waals surface area contributed by atoms with Crippen LogP contribution in [0.25, 0.3) is 5.57 Å². The third kappa shape index (κ3) is 4.83. The lowest BCUT2D eigenvalue weighted by Crippen LogP contribution is -2.41. The van der Waals surface area contributed by atoms with Gasteiger partial charge in [-0.2, -0.15) is 0 Å². The molecule has 1 unspecified atom stereocenters. The van der Waals surface area contributed by atoms with E-state index in [1.54, 1.807) is 14.2 Å². The third-order valence-corrected chi connectivity index (χ3v) is 6.75. The smallest absolute Gasteiger partial charge is 0.224 e. The van der Waals surface area contributed by atoms with E-state index in [9.17, 15) is 4.79 Å². The van der Waals surface area contributed by atoms with Crippen molar-refractivity contribution >= 4 is 11.5 Å². The Bertz CT molecular complexity index is 965. The van der Waals surface area contributed by atoms with Crippen molar-refractivity contribution in [3.8, 4) is 11.5 Å². The van der Waals surface area contributed by atoms with Gasteiger partial charge in [0.15, 0.2) is 11.5 Å². The fraction of sp³-hybridized carbons (Fsp3) is 0.444. The molecule has 1 fully saturated rings. The van der Waals surface area contributed by atoms with Crippen LogP contribution < -0.4 is 9.47 Å². The van der Waals surface area contributed by atoms with E-state index in [-0.39, 0.29) is 11.9 Å². The Morgan fingerprint density at radius 2 is 1.78 bits per heavy atom. The van der Waals surface area contributed by atoms with Gasteiger partial charge in [-0.05, 0) is 60.1 Å². The Morgan fingerprint density at radius 1 is 1.03 bits per heavy atom. The summed E-state index contributed by atoms with van der Waals surface area (Å²) in [5.41, 5.74) is 4.73. The molecule has 0 radical (unpaired) electrons. The molecule has 2 heterocycles. The van der Waals surface area contributed by atoms with Gasteiger partial charge >= 0.3 is 0 Å². The van der Waals surface area contributed by atoms with Gasteiger partial charge in [0.25, 0.3) is 0 Å². The molecule has 4 rings (SSSR count). The number of rotatable bonds is 7. The highest BCUT2D eigenvalue weighted by atomic mass is 16.5. The van der Waals surface area contributed by atoms with Crippen LogP contribution in [0.3, 0.4) is 0 Å². The van der Waals surface area contributed by atoms with Crippen LogP contribution in [-0.4, -0.2) is 56.1 Å². The number of hydrogen-bond acceptors (Lipinski definition) is 4. The first kappa shape index (κ1) is 22.4. The van der Waals surface area contributed by atoms with Crippen LogP contribution in [-0.2, 0) is 11.2 Å². The van der Waals surface area contributed by atoms with Gasteiger partial charge in [0.2, 0.25) is 5.91 Å². The van der Waals surface area contributed by atoms with Crippen molar-refractivity contribution in [3.05, 3.63) is 65.7 Å². The van der Waals surface area contributed by atoms with Crippen LogP contribution in [0.15, 0.2) is 49.0 Å². The standard InChI is InChI=1S/C27H34N2O3/c1-20-19-29(16-13-21-11-12-25(31-2)26(17-21)32-3)24(23-10-6-5-9-22(20)23)18-27(30)28-14-7-4-8-15-28/h5-6,9-12,17,24H,1,4,7-8,13-16,18-19H2,2-3H3. The van der Waals surface area contributed by atoms with E-state index in [2.05, 4.69) is 46.7 Å². The summed E-state index contributed by atoms with van der Waals surface area (Å²) in [6.07, 6.45) is 4.85. The maximum Gasteiger partial charge on any atom is 0.224 e. The maximum absolute atomic E-state index is 13.2. The number of nitrogens with zero attached hydrogens (tertiary/aromatic N) is 2. The Balaban J connectivity index is 1.53. The number of carbonyl (C=O) groups excluding carboxylic acids is 1. The molecule has 32 heavy (non-hydrogen) atoms. The van der Waals surface area contributed by atoms with Crippen molar-refractivity contribution in [1.82, 2.24) is 9.80 Å². The average molecular weight is 435 g/mol. The van der Waals surface area contributed by atoms with Crippen LogP contribution in [0.5, 0.6) is 11.5 Å². The molecular weight excluding hydrogens is 400 g/mol. The van der Waals surface area contributed by atoms with E-state index in [4.69, 9.17) is 9.47 Å². The average Bonchev–Trinajstić information content (AvgIpc) is 2.85. The largest absolute Gasteiger partial charge is 0.493 e. The lowest BCUT2D eigenvalue weighted by Gasteiger charge is -2.39. The minimum Gasteiger partial charge on any atom is -0.493 e. The first-order valence-electron chi connectivity index (χ1n) is 11.6. The van der Waals surface area contributed by atoms with Crippen LogP contribution in [0.2, 0.25) is 0 Å². The lowest BCUT2D eigenvalue weighted by atomic mass is 9.87. The van der Waals surface area contributed by atoms with Gasteiger partial charge in [-0.25, -0.2) is 0 Å². The summed E-state index contributed by atoms with van der Waals surface area (Å²) in [6, 6.07) is 14.6. The predicted molar refractivity (Wildman–Crippen MR) is 128 cm³/mol. The summed E-state index contributed by atoms with van der Waals surface area (Å²) in [4.78, 5) is 17.7. The van der Waals surface area contributed by atoms with Crippen LogP contribution in [0.1, 0.15) is 48.4 Å². The number of amides is 1. The SMILES string of the molecule is C=C1CN(CCc2ccc(OC)c(OC)c2)C(CC(=O)N2CCCCC2)c2ccccc21. The maximum atomic E-state index is 13.2. The highest BCUT2D eigenvalue weighted by molar-refractivity contribution is 5.78. The summed E-state index contributed by atoms with van der Waals surface area (Å²) < 4.78 is 10.8. The van der Waals surface area contributed by atoms with Crippen molar-refractivity contribution < 1.29 is 14.3 Å². The molecule has 2 aromatic rings. The quantitative estimate of drug-likeness (QED) is 0.632. The highest BCUT2D eigenvalue weighted by Crippen LogP contribution is 2.37. The molecule has 2 aliphatic heterocycles. The summed E-state index contributed by atoms with van der Waals surface area (Å²) in [7, 11) is 3.31. The molecule has 0 spiro atoms. The fourth-order valence-corrected chi connectivity index (χ4v) is 4.97. The molecule has 170 valence electrons. The molecule has 2 aliphatic rings. The Labute approximate surface area is 191 Å². The summed E-state index contributed by atoms with van der Waals surface area (Å²) in [5.74, 6) is 1.75. The van der Waals surface area contributed by atoms with Gasteiger partial charge in [-0.3, -0.25) is 9.69 Å². The van der Waals surface area contributed by atoms with Gasteiger partial charge in [0.05, 0.1) is 14.2 Å². The van der Waals surface area contributed by atoms with Crippen molar-refractivity contribution in [2.45, 2.75) is 38.1 Å². The van der Waals surface area contributed by atoms with Crippen LogP contribution >= 0.6 is 0 Å². The zero-order valence-corrected chi connectivity index (χ0v) is 19.3. The third-order valence-electron chi connectivity index (χ3n) is 6.75. The Hall–Kier alpha value is -2.79. The van der Waals surface area contributed by atoms with Gasteiger partial charge in [-0.15, -0.1) is 0 Å². The number of methoxy groups -OCH3 is 2. The van der Waals surface area contributed by atoms with Crippen molar-refractivity contribution in [2.75, 3.05) is 40.4 Å². The zero-order chi connectivity index (χ0) is 22.5. The first-order chi connectivity index (χ1) is 15.6. The van der Waals surface area contributed by atoms with Crippen LogP contribution in [0, 0.1) is 0 Å². The fourth-order valence-electron chi connectivity index (χ4n) is 4.97. The Morgan fingerprint density at radius 3 is 2.53 bits per heavy atom. The van der Waals surface area contributed by atoms with E-state index in [0.29, 0.717) is 6.42 Å². The topological polar surface area (TPSA) is 42.0 Å². The summed E-state index contributed by atoms with van der Waals surface area (Å²) in [6.45, 7) is 7.76. The highest BCUT2D eigenvalue weighted by Gasteiger charge is 2.32. The molecule has 0 saturated carbocycles. The molecule has 2 aromatic carbocycles. The number of hydrogen-bond donors (Lipinski definition) is 0. The number of piperidine rings is 1. The monoisotopic (exact) mass is 434 g/mol.